The third-order valence-electron chi connectivity index (χ3n) is 13.0. The van der Waals surface area contributed by atoms with Crippen molar-refractivity contribution in [1.82, 2.24) is 14.7 Å². The molecule has 0 aromatic heterocycles. The summed E-state index contributed by atoms with van der Waals surface area (Å²) in [6.45, 7) is 18.5. The maximum Gasteiger partial charge on any atom is 0.307 e. The van der Waals surface area contributed by atoms with Crippen molar-refractivity contribution in [3.05, 3.63) is 0 Å². The number of hydrogen-bond donors (Lipinski definition) is 3. The summed E-state index contributed by atoms with van der Waals surface area (Å²) in [5, 5.41) is 9.48. The monoisotopic (exact) mass is 1330 g/mol. The zero-order valence-electron chi connectivity index (χ0n) is 54.4. The first-order valence-electron chi connectivity index (χ1n) is 32.5. The minimum atomic E-state index is -0.176. The number of carbonyl (C=O) groups excluding carboxylic acids is 4. The summed E-state index contributed by atoms with van der Waals surface area (Å²) < 4.78 is 20.4. The standard InChI is InChI=1S/C30H57N3O6.3C11H24OS2.H2S2/c1-2-3-4-5-6-7-8-9-29-39-30(38)15-23-32(22-14-27-36)17-11-19-33(24-28-37)18-10-16-31(20-12-25-34)21-13-26-35;3*1-3-4-5-6-7-8-10-13-14-11-9-12-2;1-2/h25-27,37H,2-24,28-29H2,1H3;3*3-11H2,1-2H3;1-2H. The number of thiol groups is 2. The number of unbranched alkanes of at least 4 members (excludes halogenated alkanes) is 22. The molecule has 12 nitrogen and oxygen atoms in total. The van der Waals surface area contributed by atoms with E-state index in [2.05, 4.69) is 65.7 Å². The Hall–Kier alpha value is 1.000. The Bertz CT molecular complexity index is 1090. The van der Waals surface area contributed by atoms with E-state index in [9.17, 15) is 24.3 Å². The first-order chi connectivity index (χ1) is 40.8. The second-order valence-electron chi connectivity index (χ2n) is 20.5. The van der Waals surface area contributed by atoms with Crippen molar-refractivity contribution in [3.63, 3.8) is 0 Å². The first kappa shape index (κ1) is 92.7. The van der Waals surface area contributed by atoms with Gasteiger partial charge in [-0.15, -0.1) is 23.3 Å². The van der Waals surface area contributed by atoms with Crippen LogP contribution in [0.4, 0.5) is 0 Å². The van der Waals surface area contributed by atoms with Gasteiger partial charge in [0.25, 0.3) is 0 Å². The highest BCUT2D eigenvalue weighted by molar-refractivity contribution is 8.77. The van der Waals surface area contributed by atoms with Gasteiger partial charge in [0.05, 0.1) is 39.5 Å². The van der Waals surface area contributed by atoms with Crippen LogP contribution >= 0.6 is 88.1 Å². The molecular formula is C63H131N3O9S8. The second kappa shape index (κ2) is 91.7. The van der Waals surface area contributed by atoms with E-state index in [1.165, 1.54) is 171 Å². The lowest BCUT2D eigenvalue weighted by atomic mass is 10.1. The van der Waals surface area contributed by atoms with Crippen molar-refractivity contribution in [2.45, 2.75) is 233 Å². The van der Waals surface area contributed by atoms with Gasteiger partial charge in [0.2, 0.25) is 0 Å². The number of hydrogen-bond acceptors (Lipinski definition) is 20. The molecule has 0 saturated heterocycles. The van der Waals surface area contributed by atoms with E-state index in [1.807, 2.05) is 64.8 Å². The molecule has 0 aromatic rings. The van der Waals surface area contributed by atoms with Crippen LogP contribution in [0.3, 0.4) is 0 Å². The number of nitrogens with zero attached hydrogens (tertiary/aromatic N) is 3. The minimum absolute atomic E-state index is 0.0829. The van der Waals surface area contributed by atoms with Crippen molar-refractivity contribution in [3.8, 4) is 0 Å². The SMILES string of the molecule is CCCCCCCCCCOC(=O)CCN(CCC=O)CCCN(CCO)CCCN(CCC=O)CCC=O.CCCCCCCCSSCCOC.CCCCCCCCSSCCOC.CCCCCCCCSSCCOC.SS. The number of rotatable bonds is 64. The summed E-state index contributed by atoms with van der Waals surface area (Å²) in [5.41, 5.74) is 0. The predicted molar refractivity (Wildman–Crippen MR) is 384 cm³/mol. The third-order valence-corrected chi connectivity index (χ3v) is 20.4. The van der Waals surface area contributed by atoms with E-state index in [0.29, 0.717) is 65.0 Å². The number of ether oxygens (including phenoxy) is 4. The van der Waals surface area contributed by atoms with Gasteiger partial charge in [-0.2, -0.15) is 0 Å². The fraction of sp³-hybridized carbons (Fsp3) is 0.937. The molecule has 1 N–H and O–H groups in total. The van der Waals surface area contributed by atoms with Crippen LogP contribution < -0.4 is 0 Å². The Kier molecular flexibility index (Phi) is 102. The van der Waals surface area contributed by atoms with Gasteiger partial charge in [0.1, 0.15) is 18.9 Å². The van der Waals surface area contributed by atoms with Crippen molar-refractivity contribution >= 4 is 113 Å². The van der Waals surface area contributed by atoms with Crippen molar-refractivity contribution < 1.29 is 43.2 Å². The quantitative estimate of drug-likeness (QED) is 0.0175. The molecule has 0 fully saturated rings. The molecule has 0 unspecified atom stereocenters. The molecule has 0 aliphatic heterocycles. The molecule has 0 amide bonds. The Balaban J connectivity index is -0.000000375. The molecular weight excluding hydrogens is 1200 g/mol. The Morgan fingerprint density at radius 1 is 0.361 bits per heavy atom. The number of aliphatic hydroxyl groups is 1. The van der Waals surface area contributed by atoms with E-state index >= 15 is 0 Å². The summed E-state index contributed by atoms with van der Waals surface area (Å²) in [5.74, 6) is 7.11. The topological polar surface area (TPSA) is 135 Å². The average molecular weight is 1330 g/mol. The summed E-state index contributed by atoms with van der Waals surface area (Å²) >= 11 is 6.44. The molecule has 0 atom stereocenters. The van der Waals surface area contributed by atoms with Crippen LogP contribution in [0, 0.1) is 0 Å². The highest BCUT2D eigenvalue weighted by Gasteiger charge is 2.12. The van der Waals surface area contributed by atoms with Gasteiger partial charge >= 0.3 is 5.97 Å². The Labute approximate surface area is 547 Å². The molecule has 0 aliphatic rings. The molecule has 0 heterocycles. The largest absolute Gasteiger partial charge is 0.466 e. The second-order valence-corrected chi connectivity index (χ2v) is 28.6. The highest BCUT2D eigenvalue weighted by atomic mass is 33.1. The molecule has 0 aliphatic carbocycles. The fourth-order valence-corrected chi connectivity index (χ4v) is 14.3. The number of esters is 1. The van der Waals surface area contributed by atoms with Crippen LogP contribution in [0.25, 0.3) is 0 Å². The maximum absolute atomic E-state index is 12.2. The molecule has 0 bridgehead atoms. The van der Waals surface area contributed by atoms with Crippen LogP contribution in [0.2, 0.25) is 0 Å². The maximum atomic E-state index is 12.2. The summed E-state index contributed by atoms with van der Waals surface area (Å²) in [6, 6.07) is 0. The average Bonchev–Trinajstić information content (AvgIpc) is 3.50. The molecule has 83 heavy (non-hydrogen) atoms. The van der Waals surface area contributed by atoms with E-state index in [0.717, 1.165) is 108 Å². The number of methoxy groups -OCH3 is 3. The van der Waals surface area contributed by atoms with E-state index in [4.69, 9.17) is 18.9 Å². The van der Waals surface area contributed by atoms with Gasteiger partial charge < -0.3 is 53.1 Å². The van der Waals surface area contributed by atoms with Gasteiger partial charge in [-0.3, -0.25) is 4.79 Å². The molecule has 0 saturated carbocycles. The summed E-state index contributed by atoms with van der Waals surface area (Å²) in [6.07, 6.45) is 41.1. The lowest BCUT2D eigenvalue weighted by Gasteiger charge is -2.26. The summed E-state index contributed by atoms with van der Waals surface area (Å²) in [4.78, 5) is 51.0. The van der Waals surface area contributed by atoms with Crippen LogP contribution in [0.15, 0.2) is 0 Å². The van der Waals surface area contributed by atoms with Crippen molar-refractivity contribution in [2.75, 3.05) is 148 Å². The molecule has 500 valence electrons. The van der Waals surface area contributed by atoms with Gasteiger partial charge in [-0.05, 0) is 64.7 Å². The predicted octanol–water partition coefficient (Wildman–Crippen LogP) is 17.4. The number of carbonyl (C=O) groups is 4. The lowest BCUT2D eigenvalue weighted by Crippen LogP contribution is -2.35. The molecule has 0 rings (SSSR count). The number of aliphatic hydroxyl groups excluding tert-OH is 1. The van der Waals surface area contributed by atoms with E-state index in [1.54, 1.807) is 21.3 Å². The van der Waals surface area contributed by atoms with Gasteiger partial charge in [0.15, 0.2) is 0 Å². The van der Waals surface area contributed by atoms with Crippen LogP contribution in [0.1, 0.15) is 233 Å². The van der Waals surface area contributed by atoms with Crippen LogP contribution in [-0.2, 0) is 38.1 Å². The molecule has 0 aromatic carbocycles. The lowest BCUT2D eigenvalue weighted by molar-refractivity contribution is -0.144. The smallest absolute Gasteiger partial charge is 0.307 e. The molecule has 0 spiro atoms. The van der Waals surface area contributed by atoms with Gasteiger partial charge in [0, 0.05) is 108 Å². The first-order valence-corrected chi connectivity index (χ1v) is 41.6. The number of aldehydes is 3. The normalized spacial score (nSPS) is 10.9. The summed E-state index contributed by atoms with van der Waals surface area (Å²) in [7, 11) is 17.1. The molecule has 0 radical (unpaired) electrons. The van der Waals surface area contributed by atoms with Gasteiger partial charge in [-0.25, -0.2) is 0 Å². The minimum Gasteiger partial charge on any atom is -0.466 e. The zero-order valence-corrected chi connectivity index (χ0v) is 61.1. The highest BCUT2D eigenvalue weighted by Crippen LogP contribution is 2.24. The Morgan fingerprint density at radius 3 is 0.940 bits per heavy atom. The third kappa shape index (κ3) is 91.8. The zero-order chi connectivity index (χ0) is 62.3. The van der Waals surface area contributed by atoms with E-state index < -0.39 is 0 Å². The van der Waals surface area contributed by atoms with Gasteiger partial charge in [-0.1, -0.05) is 234 Å². The van der Waals surface area contributed by atoms with Crippen molar-refractivity contribution in [1.29, 1.82) is 0 Å². The van der Waals surface area contributed by atoms with Crippen LogP contribution in [-0.4, -0.2) is 192 Å². The van der Waals surface area contributed by atoms with E-state index in [-0.39, 0.29) is 12.6 Å². The van der Waals surface area contributed by atoms with Crippen molar-refractivity contribution in [2.24, 2.45) is 0 Å². The fourth-order valence-electron chi connectivity index (χ4n) is 8.16. The Morgan fingerprint density at radius 2 is 0.639 bits per heavy atom. The molecule has 20 heteroatoms. The van der Waals surface area contributed by atoms with Crippen LogP contribution in [0.5, 0.6) is 0 Å².